The fraction of sp³-hybridized carbons (Fsp3) is 0.269. The van der Waals surface area contributed by atoms with Gasteiger partial charge in [-0.3, -0.25) is 14.9 Å². The van der Waals surface area contributed by atoms with Crippen molar-refractivity contribution in [3.8, 4) is 22.8 Å². The summed E-state index contributed by atoms with van der Waals surface area (Å²) < 4.78 is 11.1. The minimum Gasteiger partial charge on any atom is -0.493 e. The third-order valence-electron chi connectivity index (χ3n) is 4.84. The highest BCUT2D eigenvalue weighted by atomic mass is 32.1. The second-order valence-electron chi connectivity index (χ2n) is 7.98. The molecule has 0 bridgehead atoms. The average molecular weight is 480 g/mol. The number of nitrogens with one attached hydrogen (secondary N) is 2. The first-order valence-electron chi connectivity index (χ1n) is 10.9. The summed E-state index contributed by atoms with van der Waals surface area (Å²) in [5, 5.41) is 8.07. The van der Waals surface area contributed by atoms with Gasteiger partial charge in [-0.2, -0.15) is 0 Å². The fourth-order valence-corrected chi connectivity index (χ4v) is 3.98. The summed E-state index contributed by atoms with van der Waals surface area (Å²) in [6, 6.07) is 13.3. The Labute approximate surface area is 203 Å². The van der Waals surface area contributed by atoms with Crippen molar-refractivity contribution >= 4 is 34.4 Å². The van der Waals surface area contributed by atoms with Gasteiger partial charge >= 0.3 is 0 Å². The number of methoxy groups -OCH3 is 1. The van der Waals surface area contributed by atoms with Crippen molar-refractivity contribution in [2.75, 3.05) is 12.4 Å². The number of nitrogens with zero attached hydrogens (tertiary/aromatic N) is 1. The van der Waals surface area contributed by atoms with E-state index in [0.717, 1.165) is 22.4 Å². The van der Waals surface area contributed by atoms with Gasteiger partial charge in [-0.15, -0.1) is 11.3 Å². The molecule has 34 heavy (non-hydrogen) atoms. The smallest absolute Gasteiger partial charge is 0.250 e. The number of carbonyl (C=O) groups is 2. The Morgan fingerprint density at radius 2 is 1.79 bits per heavy atom. The van der Waals surface area contributed by atoms with E-state index in [2.05, 4.69) is 15.6 Å². The Bertz CT molecular complexity index is 1170. The fourth-order valence-electron chi connectivity index (χ4n) is 3.25. The number of anilines is 1. The van der Waals surface area contributed by atoms with Crippen LogP contribution in [-0.2, 0) is 9.59 Å². The largest absolute Gasteiger partial charge is 0.493 e. The highest BCUT2D eigenvalue weighted by Crippen LogP contribution is 2.30. The predicted molar refractivity (Wildman–Crippen MR) is 136 cm³/mol. The molecule has 1 atom stereocenters. The summed E-state index contributed by atoms with van der Waals surface area (Å²) in [5.41, 5.74) is 3.53. The Kier molecular flexibility index (Phi) is 8.43. The van der Waals surface area contributed by atoms with E-state index in [4.69, 9.17) is 9.47 Å². The molecule has 1 unspecified atom stereocenters. The van der Waals surface area contributed by atoms with Gasteiger partial charge in [-0.05, 0) is 50.1 Å². The molecule has 178 valence electrons. The van der Waals surface area contributed by atoms with Gasteiger partial charge in [0.1, 0.15) is 0 Å². The molecular weight excluding hydrogens is 450 g/mol. The van der Waals surface area contributed by atoms with E-state index < -0.39 is 0 Å². The van der Waals surface area contributed by atoms with Gasteiger partial charge in [-0.25, -0.2) is 4.98 Å². The lowest BCUT2D eigenvalue weighted by atomic mass is 10.1. The van der Waals surface area contributed by atoms with Crippen molar-refractivity contribution in [3.63, 3.8) is 0 Å². The van der Waals surface area contributed by atoms with Crippen LogP contribution in [0, 0.1) is 0 Å². The van der Waals surface area contributed by atoms with Gasteiger partial charge < -0.3 is 14.8 Å². The van der Waals surface area contributed by atoms with E-state index in [0.29, 0.717) is 16.6 Å². The van der Waals surface area contributed by atoms with Crippen molar-refractivity contribution in [3.05, 3.63) is 65.0 Å². The molecule has 3 aromatic rings. The second kappa shape index (κ2) is 11.5. The van der Waals surface area contributed by atoms with Crippen LogP contribution >= 0.6 is 11.3 Å². The van der Waals surface area contributed by atoms with Crippen molar-refractivity contribution in [2.24, 2.45) is 0 Å². The Morgan fingerprint density at radius 1 is 1.06 bits per heavy atom. The van der Waals surface area contributed by atoms with Crippen LogP contribution in [0.5, 0.6) is 11.5 Å². The van der Waals surface area contributed by atoms with Crippen LogP contribution in [0.3, 0.4) is 0 Å². The normalized spacial score (nSPS) is 11.9. The molecule has 0 aliphatic rings. The van der Waals surface area contributed by atoms with E-state index in [9.17, 15) is 9.59 Å². The molecule has 2 amide bonds. The molecule has 0 spiro atoms. The molecule has 2 N–H and O–H groups in total. The lowest BCUT2D eigenvalue weighted by Crippen LogP contribution is -2.23. The van der Waals surface area contributed by atoms with Crippen molar-refractivity contribution in [1.29, 1.82) is 0 Å². The summed E-state index contributed by atoms with van der Waals surface area (Å²) in [5.74, 6) is 0.925. The summed E-state index contributed by atoms with van der Waals surface area (Å²) in [6.07, 6.45) is 3.20. The lowest BCUT2D eigenvalue weighted by molar-refractivity contribution is -0.119. The van der Waals surface area contributed by atoms with Crippen LogP contribution < -0.4 is 20.1 Å². The molecule has 1 heterocycles. The zero-order valence-electron chi connectivity index (χ0n) is 19.9. The monoisotopic (exact) mass is 479 g/mol. The maximum Gasteiger partial charge on any atom is 0.250 e. The average Bonchev–Trinajstić information content (AvgIpc) is 3.26. The van der Waals surface area contributed by atoms with Gasteiger partial charge in [0.15, 0.2) is 16.6 Å². The highest BCUT2D eigenvalue weighted by Gasteiger charge is 2.10. The summed E-state index contributed by atoms with van der Waals surface area (Å²) in [4.78, 5) is 28.1. The van der Waals surface area contributed by atoms with Crippen molar-refractivity contribution in [1.82, 2.24) is 10.3 Å². The summed E-state index contributed by atoms with van der Waals surface area (Å²) in [6.45, 7) is 7.33. The Balaban J connectivity index is 1.62. The molecule has 8 heteroatoms. The molecule has 0 saturated carbocycles. The number of aromatic nitrogens is 1. The molecule has 0 fully saturated rings. The first-order valence-corrected chi connectivity index (χ1v) is 11.8. The zero-order valence-corrected chi connectivity index (χ0v) is 20.7. The lowest BCUT2D eigenvalue weighted by Gasteiger charge is -2.13. The van der Waals surface area contributed by atoms with E-state index in [1.165, 1.54) is 24.3 Å². The minimum atomic E-state index is -0.276. The molecule has 0 radical (unpaired) electrons. The van der Waals surface area contributed by atoms with Crippen LogP contribution in [-0.4, -0.2) is 30.0 Å². The third-order valence-corrected chi connectivity index (χ3v) is 5.60. The molecule has 0 aliphatic carbocycles. The first-order chi connectivity index (χ1) is 16.2. The maximum atomic E-state index is 12.4. The number of amides is 2. The van der Waals surface area contributed by atoms with E-state index in [1.54, 1.807) is 13.2 Å². The number of benzene rings is 2. The number of rotatable bonds is 9. The van der Waals surface area contributed by atoms with E-state index in [-0.39, 0.29) is 24.0 Å². The van der Waals surface area contributed by atoms with Gasteiger partial charge in [0.05, 0.1) is 24.9 Å². The van der Waals surface area contributed by atoms with E-state index in [1.807, 2.05) is 68.6 Å². The Hall–Kier alpha value is -3.65. The third kappa shape index (κ3) is 6.92. The zero-order chi connectivity index (χ0) is 24.7. The molecule has 0 saturated heterocycles. The maximum absolute atomic E-state index is 12.4. The number of hydrogen-bond donors (Lipinski definition) is 2. The van der Waals surface area contributed by atoms with Gasteiger partial charge in [0, 0.05) is 23.9 Å². The minimum absolute atomic E-state index is 0.0366. The number of carbonyl (C=O) groups excluding carboxylic acids is 2. The Morgan fingerprint density at radius 3 is 2.44 bits per heavy atom. The molecule has 3 rings (SSSR count). The van der Waals surface area contributed by atoms with E-state index >= 15 is 0 Å². The van der Waals surface area contributed by atoms with Crippen molar-refractivity contribution in [2.45, 2.75) is 39.8 Å². The first kappa shape index (κ1) is 25.0. The van der Waals surface area contributed by atoms with Gasteiger partial charge in [0.25, 0.3) is 0 Å². The van der Waals surface area contributed by atoms with Gasteiger partial charge in [0.2, 0.25) is 11.8 Å². The molecule has 1 aromatic heterocycles. The van der Waals surface area contributed by atoms with Gasteiger partial charge in [-0.1, -0.05) is 30.3 Å². The standard InChI is InChI=1S/C26H29N3O4S/c1-16(2)33-23-12-6-19(14-24(23)32-5)7-13-25(31)29-26-28-22(15-34-26)21-10-8-20(9-11-21)17(3)27-18(4)30/h6-17H,1-5H3,(H,27,30)(H,28,29,31)/b13-7+. The molecule has 2 aromatic carbocycles. The molecular formula is C26H29N3O4S. The SMILES string of the molecule is COc1cc(/C=C/C(=O)Nc2nc(-c3ccc(C(C)NC(C)=O)cc3)cs2)ccc1OC(C)C. The predicted octanol–water partition coefficient (Wildman–Crippen LogP) is 5.45. The second-order valence-corrected chi connectivity index (χ2v) is 8.84. The highest BCUT2D eigenvalue weighted by molar-refractivity contribution is 7.14. The summed E-state index contributed by atoms with van der Waals surface area (Å²) in [7, 11) is 1.58. The quantitative estimate of drug-likeness (QED) is 0.398. The topological polar surface area (TPSA) is 89.5 Å². The number of hydrogen-bond acceptors (Lipinski definition) is 6. The summed E-state index contributed by atoms with van der Waals surface area (Å²) >= 11 is 1.36. The van der Waals surface area contributed by atoms with Crippen LogP contribution in [0.4, 0.5) is 5.13 Å². The number of ether oxygens (including phenoxy) is 2. The number of thiazole rings is 1. The van der Waals surface area contributed by atoms with Crippen molar-refractivity contribution < 1.29 is 19.1 Å². The van der Waals surface area contributed by atoms with Crippen LogP contribution in [0.2, 0.25) is 0 Å². The van der Waals surface area contributed by atoms with Crippen LogP contribution in [0.15, 0.2) is 53.9 Å². The molecule has 0 aliphatic heterocycles. The van der Waals surface area contributed by atoms with Crippen LogP contribution in [0.25, 0.3) is 17.3 Å². The molecule has 7 nitrogen and oxygen atoms in total. The van der Waals surface area contributed by atoms with Crippen LogP contribution in [0.1, 0.15) is 44.9 Å².